The highest BCUT2D eigenvalue weighted by Gasteiger charge is 2.12. The summed E-state index contributed by atoms with van der Waals surface area (Å²) in [4.78, 5) is 23.3. The first-order valence-corrected chi connectivity index (χ1v) is 8.65. The van der Waals surface area contributed by atoms with E-state index in [-0.39, 0.29) is 5.57 Å². The van der Waals surface area contributed by atoms with Crippen molar-refractivity contribution in [1.82, 2.24) is 0 Å². The van der Waals surface area contributed by atoms with Crippen LogP contribution in [0.3, 0.4) is 0 Å². The standard InChI is InChI=1S/C18H12Br2N2O3/c1-11(23)25-17-7-6-12(9-15(17)20)8-13(10-21)18(24)22-16-5-3-2-4-14(16)19/h2-9H,1H3,(H,22,24)/b13-8+. The van der Waals surface area contributed by atoms with Gasteiger partial charge in [0.1, 0.15) is 17.4 Å². The summed E-state index contributed by atoms with van der Waals surface area (Å²) in [7, 11) is 0. The van der Waals surface area contributed by atoms with E-state index in [4.69, 9.17) is 4.74 Å². The Morgan fingerprint density at radius 3 is 2.48 bits per heavy atom. The molecule has 126 valence electrons. The minimum atomic E-state index is -0.519. The molecule has 0 aliphatic rings. The van der Waals surface area contributed by atoms with Crippen LogP contribution in [0.1, 0.15) is 12.5 Å². The largest absolute Gasteiger partial charge is 0.426 e. The molecule has 0 aromatic heterocycles. The van der Waals surface area contributed by atoms with Crippen molar-refractivity contribution in [3.8, 4) is 11.8 Å². The molecule has 1 amide bonds. The van der Waals surface area contributed by atoms with Crippen LogP contribution in [0.5, 0.6) is 5.75 Å². The van der Waals surface area contributed by atoms with Crippen LogP contribution >= 0.6 is 31.9 Å². The van der Waals surface area contributed by atoms with E-state index in [9.17, 15) is 14.9 Å². The third-order valence-electron chi connectivity index (χ3n) is 3.01. The van der Waals surface area contributed by atoms with Crippen LogP contribution in [0.4, 0.5) is 5.69 Å². The van der Waals surface area contributed by atoms with Crippen LogP contribution in [-0.4, -0.2) is 11.9 Å². The van der Waals surface area contributed by atoms with Gasteiger partial charge in [-0.3, -0.25) is 9.59 Å². The van der Waals surface area contributed by atoms with Crippen LogP contribution in [0, 0.1) is 11.3 Å². The lowest BCUT2D eigenvalue weighted by molar-refractivity contribution is -0.131. The zero-order valence-corrected chi connectivity index (χ0v) is 16.2. The first kappa shape index (κ1) is 18.9. The first-order chi connectivity index (χ1) is 11.9. The fourth-order valence-corrected chi connectivity index (χ4v) is 2.77. The lowest BCUT2D eigenvalue weighted by atomic mass is 10.1. The van der Waals surface area contributed by atoms with Gasteiger partial charge in [-0.2, -0.15) is 5.26 Å². The number of amides is 1. The average Bonchev–Trinajstić information content (AvgIpc) is 2.56. The Kier molecular flexibility index (Phi) is 6.51. The fraction of sp³-hybridized carbons (Fsp3) is 0.0556. The average molecular weight is 464 g/mol. The van der Waals surface area contributed by atoms with Crippen LogP contribution in [0.15, 0.2) is 57.0 Å². The van der Waals surface area contributed by atoms with Crippen molar-refractivity contribution in [3.63, 3.8) is 0 Å². The predicted molar refractivity (Wildman–Crippen MR) is 102 cm³/mol. The number of benzene rings is 2. The summed E-state index contributed by atoms with van der Waals surface area (Å²) in [6, 6.07) is 13.9. The number of anilines is 1. The molecule has 0 saturated carbocycles. The molecule has 5 nitrogen and oxygen atoms in total. The highest BCUT2D eigenvalue weighted by Crippen LogP contribution is 2.27. The molecule has 1 N–H and O–H groups in total. The van der Waals surface area contributed by atoms with Gasteiger partial charge < -0.3 is 10.1 Å². The number of carbonyl (C=O) groups is 2. The number of nitriles is 1. The van der Waals surface area contributed by atoms with Crippen LogP contribution in [0.25, 0.3) is 6.08 Å². The molecular formula is C18H12Br2N2O3. The van der Waals surface area contributed by atoms with Crippen LogP contribution < -0.4 is 10.1 Å². The molecule has 0 unspecified atom stereocenters. The smallest absolute Gasteiger partial charge is 0.308 e. The van der Waals surface area contributed by atoms with Gasteiger partial charge in [0.05, 0.1) is 10.2 Å². The summed E-state index contributed by atoms with van der Waals surface area (Å²) < 4.78 is 6.27. The van der Waals surface area contributed by atoms with E-state index in [2.05, 4.69) is 37.2 Å². The number of rotatable bonds is 4. The van der Waals surface area contributed by atoms with Gasteiger partial charge in [-0.15, -0.1) is 0 Å². The van der Waals surface area contributed by atoms with Gasteiger partial charge in [0.15, 0.2) is 0 Å². The van der Waals surface area contributed by atoms with Gasteiger partial charge >= 0.3 is 5.97 Å². The summed E-state index contributed by atoms with van der Waals surface area (Å²) in [6.45, 7) is 1.31. The Morgan fingerprint density at radius 2 is 1.88 bits per heavy atom. The van der Waals surface area contributed by atoms with E-state index < -0.39 is 11.9 Å². The number of carbonyl (C=O) groups excluding carboxylic acids is 2. The van der Waals surface area contributed by atoms with Crippen molar-refractivity contribution in [2.45, 2.75) is 6.92 Å². The SMILES string of the molecule is CC(=O)Oc1ccc(/C=C(\C#N)C(=O)Nc2ccccc2Br)cc1Br. The number of para-hydroxylation sites is 1. The molecule has 2 rings (SSSR count). The molecule has 25 heavy (non-hydrogen) atoms. The first-order valence-electron chi connectivity index (χ1n) is 7.06. The van der Waals surface area contributed by atoms with E-state index >= 15 is 0 Å². The van der Waals surface area contributed by atoms with Gasteiger partial charge in [0.25, 0.3) is 5.91 Å². The van der Waals surface area contributed by atoms with Crippen molar-refractivity contribution in [2.24, 2.45) is 0 Å². The summed E-state index contributed by atoms with van der Waals surface area (Å²) in [6.07, 6.45) is 1.45. The van der Waals surface area contributed by atoms with Gasteiger partial charge in [-0.05, 0) is 67.8 Å². The summed E-state index contributed by atoms with van der Waals surface area (Å²) in [5.41, 5.74) is 1.13. The van der Waals surface area contributed by atoms with E-state index in [0.29, 0.717) is 25.9 Å². The number of ether oxygens (including phenoxy) is 1. The molecule has 0 radical (unpaired) electrons. The maximum absolute atomic E-state index is 12.3. The van der Waals surface area contributed by atoms with Gasteiger partial charge in [0, 0.05) is 11.4 Å². The predicted octanol–water partition coefficient (Wildman–Crippen LogP) is 4.68. The zero-order chi connectivity index (χ0) is 18.4. The van der Waals surface area contributed by atoms with Crippen molar-refractivity contribution in [3.05, 3.63) is 62.5 Å². The number of nitrogens with zero attached hydrogens (tertiary/aromatic N) is 1. The van der Waals surface area contributed by atoms with Crippen molar-refractivity contribution >= 4 is 55.5 Å². The Hall–Kier alpha value is -2.43. The molecule has 0 bridgehead atoms. The van der Waals surface area contributed by atoms with Crippen LogP contribution in [0.2, 0.25) is 0 Å². The number of hydrogen-bond acceptors (Lipinski definition) is 4. The number of nitrogens with one attached hydrogen (secondary N) is 1. The molecule has 0 fully saturated rings. The quantitative estimate of drug-likeness (QED) is 0.309. The summed E-state index contributed by atoms with van der Waals surface area (Å²) >= 11 is 6.63. The second-order valence-electron chi connectivity index (χ2n) is 4.89. The molecule has 0 spiro atoms. The molecule has 0 aliphatic heterocycles. The maximum atomic E-state index is 12.3. The van der Waals surface area contributed by atoms with Gasteiger partial charge in [-0.1, -0.05) is 18.2 Å². The highest BCUT2D eigenvalue weighted by atomic mass is 79.9. The third-order valence-corrected chi connectivity index (χ3v) is 4.32. The fourth-order valence-electron chi connectivity index (χ4n) is 1.91. The van der Waals surface area contributed by atoms with Crippen LogP contribution in [-0.2, 0) is 9.59 Å². The number of hydrogen-bond donors (Lipinski definition) is 1. The molecule has 0 saturated heterocycles. The second-order valence-corrected chi connectivity index (χ2v) is 6.60. The molecule has 0 heterocycles. The molecule has 0 atom stereocenters. The van der Waals surface area contributed by atoms with E-state index in [0.717, 1.165) is 0 Å². The summed E-state index contributed by atoms with van der Waals surface area (Å²) in [5, 5.41) is 12.0. The Bertz CT molecular complexity index is 901. The molecule has 2 aromatic carbocycles. The van der Waals surface area contributed by atoms with E-state index in [1.165, 1.54) is 13.0 Å². The minimum absolute atomic E-state index is 0.0529. The van der Waals surface area contributed by atoms with E-state index in [1.54, 1.807) is 36.4 Å². The zero-order valence-electron chi connectivity index (χ0n) is 13.0. The van der Waals surface area contributed by atoms with E-state index in [1.807, 2.05) is 12.1 Å². The monoisotopic (exact) mass is 462 g/mol. The number of esters is 1. The third kappa shape index (κ3) is 5.28. The molecule has 7 heteroatoms. The van der Waals surface area contributed by atoms with Crippen molar-refractivity contribution in [2.75, 3.05) is 5.32 Å². The van der Waals surface area contributed by atoms with Crippen molar-refractivity contribution < 1.29 is 14.3 Å². The second kappa shape index (κ2) is 8.60. The molecule has 2 aromatic rings. The maximum Gasteiger partial charge on any atom is 0.308 e. The lowest BCUT2D eigenvalue weighted by Crippen LogP contribution is -2.13. The normalized spacial score (nSPS) is 10.7. The summed E-state index contributed by atoms with van der Waals surface area (Å²) in [5.74, 6) is -0.593. The van der Waals surface area contributed by atoms with Gasteiger partial charge in [-0.25, -0.2) is 0 Å². The highest BCUT2D eigenvalue weighted by molar-refractivity contribution is 9.11. The number of halogens is 2. The topological polar surface area (TPSA) is 79.2 Å². The Labute approximate surface area is 161 Å². The van der Waals surface area contributed by atoms with Gasteiger partial charge in [0.2, 0.25) is 0 Å². The molecule has 0 aliphatic carbocycles. The Morgan fingerprint density at radius 1 is 1.16 bits per heavy atom. The van der Waals surface area contributed by atoms with Crippen molar-refractivity contribution in [1.29, 1.82) is 5.26 Å². The lowest BCUT2D eigenvalue weighted by Gasteiger charge is -2.07. The molecular weight excluding hydrogens is 452 g/mol. The minimum Gasteiger partial charge on any atom is -0.426 e. The Balaban J connectivity index is 2.24.